The third kappa shape index (κ3) is 2.03. The molecular weight excluding hydrogens is 165 g/mol. The van der Waals surface area contributed by atoms with E-state index in [2.05, 4.69) is 9.97 Å². The van der Waals surface area contributed by atoms with Gasteiger partial charge < -0.3 is 15.8 Å². The van der Waals surface area contributed by atoms with Gasteiger partial charge in [0.05, 0.1) is 6.20 Å². The van der Waals surface area contributed by atoms with E-state index in [0.29, 0.717) is 0 Å². The van der Waals surface area contributed by atoms with E-state index in [1.165, 1.54) is 0 Å². The molecule has 0 bridgehead atoms. The zero-order chi connectivity index (χ0) is 9.14. The second-order valence-electron chi connectivity index (χ2n) is 2.33. The molecule has 1 heterocycles. The molecule has 0 fully saturated rings. The van der Waals surface area contributed by atoms with Crippen molar-refractivity contribution in [2.75, 3.05) is 0 Å². The van der Waals surface area contributed by atoms with Crippen molar-refractivity contribution < 1.29 is 14.3 Å². The smallest absolute Gasteiger partial charge is 0.320 e. The molecule has 1 aromatic heterocycles. The van der Waals surface area contributed by atoms with Gasteiger partial charge in [0.2, 0.25) is 5.95 Å². The number of nitrogens with one attached hydrogen (secondary N) is 1. The molecule has 1 atom stereocenters. The average molecular weight is 173 g/mol. The van der Waals surface area contributed by atoms with Crippen molar-refractivity contribution in [2.45, 2.75) is 12.5 Å². The number of carbonyl (C=O) groups is 1. The number of H-pyrrole nitrogens is 1. The van der Waals surface area contributed by atoms with Gasteiger partial charge >= 0.3 is 5.97 Å². The predicted molar refractivity (Wildman–Crippen MR) is 37.9 cm³/mol. The standard InChI is InChI=1S/C6H8FN3O2/c7-4-2-9-5(10-4)1-3(8)6(11)12/h2-3H,1,8H2,(H,9,10)(H,11,12). The Kier molecular flexibility index (Phi) is 2.39. The number of aromatic amines is 1. The number of nitrogens with two attached hydrogens (primary N) is 1. The van der Waals surface area contributed by atoms with Crippen LogP contribution in [0.2, 0.25) is 0 Å². The lowest BCUT2D eigenvalue weighted by Crippen LogP contribution is -2.32. The highest BCUT2D eigenvalue weighted by molar-refractivity contribution is 5.73. The van der Waals surface area contributed by atoms with Gasteiger partial charge in [-0.25, -0.2) is 4.98 Å². The van der Waals surface area contributed by atoms with E-state index in [0.717, 1.165) is 6.20 Å². The third-order valence-corrected chi connectivity index (χ3v) is 1.33. The van der Waals surface area contributed by atoms with Crippen LogP contribution in [-0.2, 0) is 11.2 Å². The highest BCUT2D eigenvalue weighted by atomic mass is 19.1. The number of hydrogen-bond acceptors (Lipinski definition) is 3. The van der Waals surface area contributed by atoms with Crippen molar-refractivity contribution in [3.05, 3.63) is 18.0 Å². The molecule has 1 aromatic rings. The van der Waals surface area contributed by atoms with E-state index in [1.807, 2.05) is 0 Å². The minimum atomic E-state index is -1.13. The normalized spacial score (nSPS) is 12.8. The maximum atomic E-state index is 12.3. The summed E-state index contributed by atoms with van der Waals surface area (Å²) in [6, 6.07) is -1.05. The summed E-state index contributed by atoms with van der Waals surface area (Å²) in [6.45, 7) is 0. The molecule has 6 heteroatoms. The number of rotatable bonds is 3. The maximum absolute atomic E-state index is 12.3. The molecule has 0 saturated carbocycles. The van der Waals surface area contributed by atoms with Gasteiger partial charge in [-0.2, -0.15) is 4.39 Å². The first-order valence-corrected chi connectivity index (χ1v) is 3.27. The highest BCUT2D eigenvalue weighted by Gasteiger charge is 2.13. The monoisotopic (exact) mass is 173 g/mol. The van der Waals surface area contributed by atoms with Crippen molar-refractivity contribution in [2.24, 2.45) is 5.73 Å². The van der Waals surface area contributed by atoms with E-state index in [9.17, 15) is 9.18 Å². The summed E-state index contributed by atoms with van der Waals surface area (Å²) in [7, 11) is 0. The molecule has 0 aliphatic carbocycles. The minimum Gasteiger partial charge on any atom is -0.480 e. The number of carboxylic acids is 1. The van der Waals surface area contributed by atoms with Crippen LogP contribution in [0.5, 0.6) is 0 Å². The highest BCUT2D eigenvalue weighted by Crippen LogP contribution is 1.97. The van der Waals surface area contributed by atoms with E-state index in [-0.39, 0.29) is 12.2 Å². The summed E-state index contributed by atoms with van der Waals surface area (Å²) >= 11 is 0. The van der Waals surface area contributed by atoms with Gasteiger partial charge in [0.1, 0.15) is 11.9 Å². The molecule has 5 nitrogen and oxygen atoms in total. The van der Waals surface area contributed by atoms with Crippen molar-refractivity contribution in [1.29, 1.82) is 0 Å². The maximum Gasteiger partial charge on any atom is 0.320 e. The second-order valence-corrected chi connectivity index (χ2v) is 2.33. The summed E-state index contributed by atoms with van der Waals surface area (Å²) in [5.74, 6) is -1.49. The summed E-state index contributed by atoms with van der Waals surface area (Å²) < 4.78 is 12.3. The minimum absolute atomic E-state index is 0.000741. The summed E-state index contributed by atoms with van der Waals surface area (Å²) in [6.07, 6.45) is 0.975. The van der Waals surface area contributed by atoms with Crippen molar-refractivity contribution >= 4 is 5.97 Å². The van der Waals surface area contributed by atoms with Crippen LogP contribution in [0.4, 0.5) is 4.39 Å². The second kappa shape index (κ2) is 3.31. The van der Waals surface area contributed by atoms with Crippen LogP contribution in [0, 0.1) is 5.95 Å². The Balaban J connectivity index is 2.58. The molecule has 1 unspecified atom stereocenters. The molecule has 0 saturated heterocycles. The molecule has 4 N–H and O–H groups in total. The number of aromatic nitrogens is 2. The number of halogens is 1. The van der Waals surface area contributed by atoms with Gasteiger partial charge in [0, 0.05) is 6.42 Å². The molecule has 1 rings (SSSR count). The van der Waals surface area contributed by atoms with Crippen LogP contribution in [0.1, 0.15) is 5.82 Å². The first-order chi connectivity index (χ1) is 5.59. The fraction of sp³-hybridized carbons (Fsp3) is 0.333. The number of nitrogens with zero attached hydrogens (tertiary/aromatic N) is 1. The van der Waals surface area contributed by atoms with Crippen LogP contribution in [0.25, 0.3) is 0 Å². The molecule has 0 aromatic carbocycles. The lowest BCUT2D eigenvalue weighted by atomic mass is 10.2. The molecular formula is C6H8FN3O2. The van der Waals surface area contributed by atoms with Crippen molar-refractivity contribution in [1.82, 2.24) is 9.97 Å². The van der Waals surface area contributed by atoms with E-state index in [1.54, 1.807) is 0 Å². The van der Waals surface area contributed by atoms with Crippen LogP contribution in [-0.4, -0.2) is 27.1 Å². The Morgan fingerprint density at radius 2 is 2.58 bits per heavy atom. The zero-order valence-corrected chi connectivity index (χ0v) is 6.12. The zero-order valence-electron chi connectivity index (χ0n) is 6.12. The number of carboxylic acid groups (broad SMARTS) is 1. The molecule has 66 valence electrons. The Morgan fingerprint density at radius 3 is 3.00 bits per heavy atom. The third-order valence-electron chi connectivity index (χ3n) is 1.33. The molecule has 0 amide bonds. The van der Waals surface area contributed by atoms with Crippen LogP contribution >= 0.6 is 0 Å². The van der Waals surface area contributed by atoms with Crippen LogP contribution in [0.3, 0.4) is 0 Å². The lowest BCUT2D eigenvalue weighted by Gasteiger charge is -2.01. The number of aliphatic carboxylic acids is 1. The van der Waals surface area contributed by atoms with Gasteiger partial charge in [-0.1, -0.05) is 0 Å². The lowest BCUT2D eigenvalue weighted by molar-refractivity contribution is -0.138. The van der Waals surface area contributed by atoms with E-state index in [4.69, 9.17) is 10.8 Å². The predicted octanol–water partition coefficient (Wildman–Crippen LogP) is -0.497. The van der Waals surface area contributed by atoms with Gasteiger partial charge in [-0.15, -0.1) is 0 Å². The van der Waals surface area contributed by atoms with Crippen molar-refractivity contribution in [3.8, 4) is 0 Å². The van der Waals surface area contributed by atoms with Gasteiger partial charge in [0.15, 0.2) is 0 Å². The molecule has 0 aliphatic heterocycles. The van der Waals surface area contributed by atoms with Gasteiger partial charge in [0.25, 0.3) is 0 Å². The number of imidazole rings is 1. The molecule has 12 heavy (non-hydrogen) atoms. The van der Waals surface area contributed by atoms with Crippen molar-refractivity contribution in [3.63, 3.8) is 0 Å². The fourth-order valence-corrected chi connectivity index (χ4v) is 0.736. The SMILES string of the molecule is NC(Cc1ncc(F)[nH]1)C(=O)O. The Bertz CT molecular complexity index is 286. The summed E-state index contributed by atoms with van der Waals surface area (Å²) in [4.78, 5) is 16.1. The molecule has 0 aliphatic rings. The van der Waals surface area contributed by atoms with Gasteiger partial charge in [-0.3, -0.25) is 4.79 Å². The number of hydrogen-bond donors (Lipinski definition) is 3. The Labute approximate surface area is 67.4 Å². The summed E-state index contributed by atoms with van der Waals surface area (Å²) in [5.41, 5.74) is 5.18. The quantitative estimate of drug-likeness (QED) is 0.574. The largest absolute Gasteiger partial charge is 0.480 e. The molecule has 0 radical (unpaired) electrons. The topological polar surface area (TPSA) is 92.0 Å². The average Bonchev–Trinajstić information content (AvgIpc) is 2.35. The van der Waals surface area contributed by atoms with E-state index >= 15 is 0 Å². The Morgan fingerprint density at radius 1 is 1.92 bits per heavy atom. The first kappa shape index (κ1) is 8.66. The Hall–Kier alpha value is -1.43. The molecule has 0 spiro atoms. The van der Waals surface area contributed by atoms with Crippen LogP contribution in [0.15, 0.2) is 6.20 Å². The fourth-order valence-electron chi connectivity index (χ4n) is 0.736. The van der Waals surface area contributed by atoms with Crippen LogP contribution < -0.4 is 5.73 Å². The van der Waals surface area contributed by atoms with Gasteiger partial charge in [-0.05, 0) is 0 Å². The summed E-state index contributed by atoms with van der Waals surface area (Å²) in [5, 5.41) is 8.39. The van der Waals surface area contributed by atoms with E-state index < -0.39 is 18.0 Å². The first-order valence-electron chi connectivity index (χ1n) is 3.27.